The van der Waals surface area contributed by atoms with Crippen molar-refractivity contribution in [2.24, 2.45) is 0 Å². The van der Waals surface area contributed by atoms with E-state index in [4.69, 9.17) is 0 Å². The molecule has 1 fully saturated rings. The Morgan fingerprint density at radius 1 is 1.14 bits per heavy atom. The highest BCUT2D eigenvalue weighted by molar-refractivity contribution is 7.91. The van der Waals surface area contributed by atoms with Crippen molar-refractivity contribution < 1.29 is 18.1 Å². The second-order valence-corrected chi connectivity index (χ2v) is 8.81. The number of non-ortho nitro benzene ring substituents is 1. The number of nitro groups is 1. The van der Waals surface area contributed by atoms with Crippen LogP contribution in [0.15, 0.2) is 47.4 Å². The minimum atomic E-state index is -3.32. The lowest BCUT2D eigenvalue weighted by atomic mass is 10.1. The molecule has 1 saturated heterocycles. The maximum absolute atomic E-state index is 12.8. The smallest absolute Gasteiger partial charge is 0.270 e. The van der Waals surface area contributed by atoms with E-state index in [1.807, 2.05) is 4.90 Å². The number of carbonyl (C=O) groups excluding carboxylic acids is 1. The molecule has 0 atom stereocenters. The highest BCUT2D eigenvalue weighted by Crippen LogP contribution is 2.29. The second-order valence-electron chi connectivity index (χ2n) is 6.53. The number of nitrogens with zero attached hydrogens (tertiary/aromatic N) is 2. The number of anilines is 2. The van der Waals surface area contributed by atoms with Gasteiger partial charge in [0.25, 0.3) is 11.6 Å². The van der Waals surface area contributed by atoms with Gasteiger partial charge in [-0.1, -0.05) is 6.92 Å². The van der Waals surface area contributed by atoms with Crippen LogP contribution in [0.3, 0.4) is 0 Å². The molecule has 1 aliphatic rings. The van der Waals surface area contributed by atoms with Gasteiger partial charge in [-0.05, 0) is 43.2 Å². The Morgan fingerprint density at radius 2 is 1.79 bits per heavy atom. The van der Waals surface area contributed by atoms with Crippen LogP contribution < -0.4 is 10.2 Å². The van der Waals surface area contributed by atoms with Crippen LogP contribution in [0.5, 0.6) is 0 Å². The third kappa shape index (κ3) is 4.14. The number of rotatable bonds is 6. The molecule has 28 heavy (non-hydrogen) atoms. The maximum Gasteiger partial charge on any atom is 0.270 e. The van der Waals surface area contributed by atoms with Gasteiger partial charge >= 0.3 is 0 Å². The van der Waals surface area contributed by atoms with E-state index >= 15 is 0 Å². The van der Waals surface area contributed by atoms with E-state index in [0.717, 1.165) is 25.9 Å². The second kappa shape index (κ2) is 7.97. The third-order valence-electron chi connectivity index (χ3n) is 4.73. The molecule has 2 aromatic rings. The number of amides is 1. The maximum atomic E-state index is 12.8. The van der Waals surface area contributed by atoms with Gasteiger partial charge in [0.1, 0.15) is 0 Å². The average Bonchev–Trinajstić information content (AvgIpc) is 3.22. The van der Waals surface area contributed by atoms with Crippen molar-refractivity contribution in [2.75, 3.05) is 29.1 Å². The quantitative estimate of drug-likeness (QED) is 0.586. The number of hydrogen-bond acceptors (Lipinski definition) is 6. The number of hydrogen-bond donors (Lipinski definition) is 1. The van der Waals surface area contributed by atoms with Crippen molar-refractivity contribution in [3.63, 3.8) is 0 Å². The van der Waals surface area contributed by atoms with Gasteiger partial charge in [0.2, 0.25) is 0 Å². The molecule has 0 aliphatic carbocycles. The van der Waals surface area contributed by atoms with Gasteiger partial charge < -0.3 is 10.2 Å². The molecule has 0 aromatic heterocycles. The number of benzene rings is 2. The van der Waals surface area contributed by atoms with E-state index in [-0.39, 0.29) is 21.9 Å². The molecule has 0 bridgehead atoms. The standard InChI is InChI=1S/C19H21N3O5S/c1-2-28(26,27)16-8-5-14(6-9-16)20-19(23)17-13-15(22(24)25)7-10-18(17)21-11-3-4-12-21/h5-10,13H,2-4,11-12H2,1H3,(H,20,23). The Balaban J connectivity index is 1.88. The van der Waals surface area contributed by atoms with Crippen LogP contribution in [0.2, 0.25) is 0 Å². The topological polar surface area (TPSA) is 110 Å². The fraction of sp³-hybridized carbons (Fsp3) is 0.316. The van der Waals surface area contributed by atoms with Crippen molar-refractivity contribution in [2.45, 2.75) is 24.7 Å². The van der Waals surface area contributed by atoms with Crippen molar-refractivity contribution in [3.8, 4) is 0 Å². The summed E-state index contributed by atoms with van der Waals surface area (Å²) in [6.07, 6.45) is 2.01. The van der Waals surface area contributed by atoms with Crippen LogP contribution in [0.4, 0.5) is 17.1 Å². The first-order chi connectivity index (χ1) is 13.3. The van der Waals surface area contributed by atoms with Gasteiger partial charge in [0, 0.05) is 30.9 Å². The lowest BCUT2D eigenvalue weighted by Crippen LogP contribution is -2.23. The molecule has 0 radical (unpaired) electrons. The lowest BCUT2D eigenvalue weighted by Gasteiger charge is -2.21. The first-order valence-electron chi connectivity index (χ1n) is 8.99. The molecule has 3 rings (SSSR count). The van der Waals surface area contributed by atoms with E-state index < -0.39 is 20.7 Å². The minimum absolute atomic E-state index is 0.00835. The molecule has 8 nitrogen and oxygen atoms in total. The highest BCUT2D eigenvalue weighted by atomic mass is 32.2. The van der Waals surface area contributed by atoms with Crippen LogP contribution in [0.25, 0.3) is 0 Å². The highest BCUT2D eigenvalue weighted by Gasteiger charge is 2.23. The SMILES string of the molecule is CCS(=O)(=O)c1ccc(NC(=O)c2cc([N+](=O)[O-])ccc2N2CCCC2)cc1. The largest absolute Gasteiger partial charge is 0.371 e. The Labute approximate surface area is 163 Å². The van der Waals surface area contributed by atoms with E-state index in [2.05, 4.69) is 5.32 Å². The molecule has 9 heteroatoms. The summed E-state index contributed by atoms with van der Waals surface area (Å²) in [7, 11) is -3.32. The van der Waals surface area contributed by atoms with Crippen molar-refractivity contribution in [1.29, 1.82) is 0 Å². The first-order valence-corrected chi connectivity index (χ1v) is 10.6. The van der Waals surface area contributed by atoms with E-state index in [9.17, 15) is 23.3 Å². The number of nitrogens with one attached hydrogen (secondary N) is 1. The molecule has 0 spiro atoms. The first kappa shape index (κ1) is 19.8. The molecule has 0 unspecified atom stereocenters. The Hall–Kier alpha value is -2.94. The van der Waals surface area contributed by atoms with E-state index in [1.54, 1.807) is 13.0 Å². The molecule has 0 saturated carbocycles. The van der Waals surface area contributed by atoms with Gasteiger partial charge in [-0.3, -0.25) is 14.9 Å². The third-order valence-corrected chi connectivity index (χ3v) is 6.48. The van der Waals surface area contributed by atoms with Gasteiger partial charge in [0.05, 0.1) is 26.8 Å². The van der Waals surface area contributed by atoms with Crippen LogP contribution in [-0.4, -0.2) is 38.1 Å². The monoisotopic (exact) mass is 403 g/mol. The summed E-state index contributed by atoms with van der Waals surface area (Å²) in [5.74, 6) is -0.484. The van der Waals surface area contributed by atoms with Crippen LogP contribution in [0.1, 0.15) is 30.1 Å². The summed E-state index contributed by atoms with van der Waals surface area (Å²) in [4.78, 5) is 25.6. The van der Waals surface area contributed by atoms with Gasteiger partial charge in [0.15, 0.2) is 9.84 Å². The number of nitro benzene ring substituents is 1. The van der Waals surface area contributed by atoms with E-state index in [1.165, 1.54) is 36.4 Å². The lowest BCUT2D eigenvalue weighted by molar-refractivity contribution is -0.384. The van der Waals surface area contributed by atoms with Gasteiger partial charge in [-0.15, -0.1) is 0 Å². The predicted octanol–water partition coefficient (Wildman–Crippen LogP) is 3.24. The Morgan fingerprint density at radius 3 is 2.36 bits per heavy atom. The molecule has 1 amide bonds. The van der Waals surface area contributed by atoms with Gasteiger partial charge in [-0.25, -0.2) is 8.42 Å². The molecule has 1 heterocycles. The summed E-state index contributed by atoms with van der Waals surface area (Å²) in [5, 5.41) is 13.8. The van der Waals surface area contributed by atoms with Crippen molar-refractivity contribution in [1.82, 2.24) is 0 Å². The summed E-state index contributed by atoms with van der Waals surface area (Å²) in [6.45, 7) is 3.15. The zero-order chi connectivity index (χ0) is 20.3. The fourth-order valence-electron chi connectivity index (χ4n) is 3.16. The molecular formula is C19H21N3O5S. The fourth-order valence-corrected chi connectivity index (χ4v) is 4.05. The van der Waals surface area contributed by atoms with Crippen molar-refractivity contribution in [3.05, 3.63) is 58.1 Å². The van der Waals surface area contributed by atoms with Crippen LogP contribution in [0, 0.1) is 10.1 Å². The minimum Gasteiger partial charge on any atom is -0.371 e. The predicted molar refractivity (Wildman–Crippen MR) is 107 cm³/mol. The zero-order valence-electron chi connectivity index (χ0n) is 15.4. The molecule has 1 N–H and O–H groups in total. The van der Waals surface area contributed by atoms with Gasteiger partial charge in [-0.2, -0.15) is 0 Å². The summed E-state index contributed by atoms with van der Waals surface area (Å²) in [6, 6.07) is 10.2. The summed E-state index contributed by atoms with van der Waals surface area (Å²) >= 11 is 0. The number of sulfone groups is 1. The zero-order valence-corrected chi connectivity index (χ0v) is 16.2. The molecule has 2 aromatic carbocycles. The average molecular weight is 403 g/mol. The Bertz CT molecular complexity index is 997. The van der Waals surface area contributed by atoms with Crippen LogP contribution in [-0.2, 0) is 9.84 Å². The Kier molecular flexibility index (Phi) is 5.64. The summed E-state index contributed by atoms with van der Waals surface area (Å²) < 4.78 is 23.8. The molecule has 1 aliphatic heterocycles. The van der Waals surface area contributed by atoms with Crippen LogP contribution >= 0.6 is 0 Å². The number of carbonyl (C=O) groups is 1. The normalized spacial score (nSPS) is 14.1. The summed E-state index contributed by atoms with van der Waals surface area (Å²) in [5.41, 5.74) is 1.14. The molecule has 148 valence electrons. The molecular weight excluding hydrogens is 382 g/mol. The van der Waals surface area contributed by atoms with E-state index in [0.29, 0.717) is 11.4 Å². The van der Waals surface area contributed by atoms with Crippen molar-refractivity contribution >= 4 is 32.8 Å².